The Labute approximate surface area is 261 Å². The molecule has 2 aromatic heterocycles. The molecule has 2 aromatic carbocycles. The van der Waals surface area contributed by atoms with Gasteiger partial charge in [-0.3, -0.25) is 0 Å². The van der Waals surface area contributed by atoms with E-state index in [9.17, 15) is 0 Å². The van der Waals surface area contributed by atoms with Crippen molar-refractivity contribution in [3.8, 4) is 0 Å². The molecular weight excluding hydrogens is 579 g/mol. The topological polar surface area (TPSA) is 26.2 Å². The van der Waals surface area contributed by atoms with Crippen LogP contribution in [0.25, 0.3) is 10.8 Å². The van der Waals surface area contributed by atoms with Crippen LogP contribution in [0.5, 0.6) is 0 Å². The molecule has 4 rings (SSSR count). The Kier molecular flexibility index (Phi) is 15.7. The summed E-state index contributed by atoms with van der Waals surface area (Å²) in [5, 5.41) is 2.73. The van der Waals surface area contributed by atoms with Crippen molar-refractivity contribution in [1.29, 1.82) is 0 Å². The molecule has 0 radical (unpaired) electrons. The fourth-order valence-electron chi connectivity index (χ4n) is 5.09. The molecule has 0 amide bonds. The summed E-state index contributed by atoms with van der Waals surface area (Å²) in [6, 6.07) is 14.1. The summed E-state index contributed by atoms with van der Waals surface area (Å²) in [5.41, 5.74) is 10.3. The van der Waals surface area contributed by atoms with Crippen LogP contribution in [-0.2, 0) is 48.2 Å². The van der Waals surface area contributed by atoms with Crippen molar-refractivity contribution in [3.05, 3.63) is 79.7 Å². The summed E-state index contributed by atoms with van der Waals surface area (Å²) in [4.78, 5) is 2.90. The molecule has 0 fully saturated rings. The molecule has 8 heteroatoms. The van der Waals surface area contributed by atoms with Crippen molar-refractivity contribution >= 4 is 33.4 Å². The van der Waals surface area contributed by atoms with Gasteiger partial charge in [0.25, 0.3) is 0 Å². The van der Waals surface area contributed by atoms with Gasteiger partial charge in [0.1, 0.15) is 13.1 Å². The van der Waals surface area contributed by atoms with Crippen molar-refractivity contribution in [2.45, 2.75) is 78.3 Å². The van der Waals surface area contributed by atoms with E-state index in [-0.39, 0.29) is 24.8 Å². The first-order valence-electron chi connectivity index (χ1n) is 14.0. The highest BCUT2D eigenvalue weighted by molar-refractivity contribution is 7.09. The minimum absolute atomic E-state index is 0. The van der Waals surface area contributed by atoms with E-state index in [1.807, 2.05) is 22.7 Å². The summed E-state index contributed by atoms with van der Waals surface area (Å²) < 4.78 is 15.3. The first-order valence-corrected chi connectivity index (χ1v) is 15.8. The molecule has 0 saturated carbocycles. The zero-order valence-corrected chi connectivity index (χ0v) is 27.5. The molecule has 0 aliphatic heterocycles. The first-order chi connectivity index (χ1) is 18.6. The van der Waals surface area contributed by atoms with E-state index < -0.39 is 0 Å². The Hall–Kier alpha value is -1.54. The number of methoxy groups -OCH3 is 2. The Balaban J connectivity index is 0.00000280. The second-order valence-corrected chi connectivity index (χ2v) is 12.1. The van der Waals surface area contributed by atoms with E-state index in [1.54, 1.807) is 14.2 Å². The number of aromatic nitrogens is 2. The average Bonchev–Trinajstić information content (AvgIpc) is 3.47. The lowest BCUT2D eigenvalue weighted by Gasteiger charge is -2.07. The van der Waals surface area contributed by atoms with E-state index in [4.69, 9.17) is 9.47 Å². The number of halogens is 2. The molecule has 40 heavy (non-hydrogen) atoms. The number of unbranched alkanes of at least 4 members (excludes halogenated alkanes) is 2. The molecule has 2 heterocycles. The van der Waals surface area contributed by atoms with Gasteiger partial charge in [-0.05, 0) is 47.6 Å². The van der Waals surface area contributed by atoms with E-state index >= 15 is 0 Å². The fourth-order valence-corrected chi connectivity index (χ4v) is 7.11. The van der Waals surface area contributed by atoms with Gasteiger partial charge in [0, 0.05) is 53.8 Å². The molecule has 4 aromatic rings. The van der Waals surface area contributed by atoms with Gasteiger partial charge in [0.15, 0.2) is 11.4 Å². The van der Waals surface area contributed by atoms with Gasteiger partial charge in [-0.2, -0.15) is 9.13 Å². The molecule has 0 unspecified atom stereocenters. The van der Waals surface area contributed by atoms with Crippen LogP contribution in [-0.4, -0.2) is 27.4 Å². The highest BCUT2D eigenvalue weighted by Gasteiger charge is 2.15. The summed E-state index contributed by atoms with van der Waals surface area (Å²) >= 11 is 3.72. The van der Waals surface area contributed by atoms with Crippen LogP contribution >= 0.6 is 22.7 Å². The Morgan fingerprint density at radius 3 is 1.48 bits per heavy atom. The van der Waals surface area contributed by atoms with Gasteiger partial charge in [-0.15, -0.1) is 0 Å². The van der Waals surface area contributed by atoms with Crippen LogP contribution in [0.2, 0.25) is 0 Å². The largest absolute Gasteiger partial charge is 1.00 e. The lowest BCUT2D eigenvalue weighted by Crippen LogP contribution is -3.00. The predicted molar refractivity (Wildman–Crippen MR) is 159 cm³/mol. The SMILES string of the molecule is COCCc1sc[n+](CCCCc2ccc3ccc(CCCC[n+]4csc(CCOC)c4C)cc3c2)c1C.[Cl-].[Cl-]. The minimum atomic E-state index is 0. The summed E-state index contributed by atoms with van der Waals surface area (Å²) in [6.07, 6.45) is 9.17. The number of aryl methyl sites for hydroxylation is 4. The van der Waals surface area contributed by atoms with E-state index in [0.717, 1.165) is 52.0 Å². The standard InChI is InChI=1S/C32H44N2O2S2.2ClH/c1-25-31(15-19-35-3)37-23-33(25)17-7-5-9-27-11-13-29-14-12-28(22-30(29)21-27)10-6-8-18-34-24-38-32(26(34)2)16-20-36-4;;/h11-14,21-24H,5-10,15-20H2,1-4H3;2*1H/q+2;;/p-2. The number of thiazole rings is 2. The normalized spacial score (nSPS) is 11.0. The second-order valence-electron chi connectivity index (χ2n) is 10.3. The number of hydrogen-bond acceptors (Lipinski definition) is 4. The van der Waals surface area contributed by atoms with Crippen LogP contribution in [0.1, 0.15) is 58.0 Å². The van der Waals surface area contributed by atoms with Gasteiger partial charge < -0.3 is 34.3 Å². The summed E-state index contributed by atoms with van der Waals surface area (Å²) in [7, 11) is 3.55. The van der Waals surface area contributed by atoms with Crippen molar-refractivity contribution in [1.82, 2.24) is 0 Å². The lowest BCUT2D eigenvalue weighted by molar-refractivity contribution is -0.698. The van der Waals surface area contributed by atoms with Gasteiger partial charge in [0.05, 0.1) is 23.0 Å². The molecule has 0 aliphatic carbocycles. The molecule has 0 aliphatic rings. The fraction of sp³-hybridized carbons (Fsp3) is 0.500. The molecule has 220 valence electrons. The maximum Gasteiger partial charge on any atom is 0.225 e. The first kappa shape index (κ1) is 34.7. The Bertz CT molecular complexity index is 1210. The molecule has 0 spiro atoms. The maximum absolute atomic E-state index is 5.24. The highest BCUT2D eigenvalue weighted by Crippen LogP contribution is 2.21. The molecule has 4 nitrogen and oxygen atoms in total. The average molecular weight is 624 g/mol. The van der Waals surface area contributed by atoms with E-state index in [0.29, 0.717) is 0 Å². The maximum atomic E-state index is 5.24. The number of nitrogens with zero attached hydrogens (tertiary/aromatic N) is 2. The van der Waals surface area contributed by atoms with Crippen LogP contribution in [0.4, 0.5) is 0 Å². The van der Waals surface area contributed by atoms with Crippen molar-refractivity contribution in [2.24, 2.45) is 0 Å². The number of ether oxygens (including phenoxy) is 2. The van der Waals surface area contributed by atoms with Crippen molar-refractivity contribution in [2.75, 3.05) is 27.4 Å². The zero-order chi connectivity index (χ0) is 26.7. The smallest absolute Gasteiger partial charge is 0.225 e. The quantitative estimate of drug-likeness (QED) is 0.135. The summed E-state index contributed by atoms with van der Waals surface area (Å²) in [5.74, 6) is 0. The molecule has 0 atom stereocenters. The zero-order valence-electron chi connectivity index (χ0n) is 24.4. The number of hydrogen-bond donors (Lipinski definition) is 0. The number of benzene rings is 2. The van der Waals surface area contributed by atoms with Gasteiger partial charge >= 0.3 is 0 Å². The third-order valence-electron chi connectivity index (χ3n) is 7.58. The third kappa shape index (κ3) is 9.78. The van der Waals surface area contributed by atoms with Crippen molar-refractivity contribution in [3.63, 3.8) is 0 Å². The molecule has 0 saturated heterocycles. The monoisotopic (exact) mass is 622 g/mol. The number of rotatable bonds is 16. The van der Waals surface area contributed by atoms with Crippen LogP contribution in [0.15, 0.2) is 47.4 Å². The van der Waals surface area contributed by atoms with Crippen LogP contribution < -0.4 is 33.9 Å². The Morgan fingerprint density at radius 1 is 0.600 bits per heavy atom. The van der Waals surface area contributed by atoms with E-state index in [1.165, 1.54) is 68.7 Å². The lowest BCUT2D eigenvalue weighted by atomic mass is 9.99. The van der Waals surface area contributed by atoms with Crippen LogP contribution in [0, 0.1) is 13.8 Å². The molecule has 0 bridgehead atoms. The third-order valence-corrected chi connectivity index (χ3v) is 9.87. The predicted octanol–water partition coefficient (Wildman–Crippen LogP) is 0.586. The molecular formula is C32H44Cl2N2O2S2. The van der Waals surface area contributed by atoms with Gasteiger partial charge in [-0.1, -0.05) is 59.1 Å². The Morgan fingerprint density at radius 2 is 1.05 bits per heavy atom. The summed E-state index contributed by atoms with van der Waals surface area (Å²) in [6.45, 7) is 8.29. The van der Waals surface area contributed by atoms with Gasteiger partial charge in [-0.25, -0.2) is 0 Å². The second kappa shape index (κ2) is 18.1. The minimum Gasteiger partial charge on any atom is -1.00 e. The highest BCUT2D eigenvalue weighted by atomic mass is 35.5. The van der Waals surface area contributed by atoms with Crippen LogP contribution in [0.3, 0.4) is 0 Å². The molecule has 0 N–H and O–H groups in total. The number of fused-ring (bicyclic) bond motifs is 1. The van der Waals surface area contributed by atoms with Gasteiger partial charge in [0.2, 0.25) is 11.0 Å². The van der Waals surface area contributed by atoms with E-state index in [2.05, 4.69) is 70.4 Å². The van der Waals surface area contributed by atoms with Crippen molar-refractivity contribution < 1.29 is 43.4 Å².